The number of aromatic nitrogens is 4. The second kappa shape index (κ2) is 7.31. The average Bonchev–Trinajstić information content (AvgIpc) is 2.93. The molecule has 2 aromatic rings. The monoisotopic (exact) mass is 372 g/mol. The van der Waals surface area contributed by atoms with Crippen molar-refractivity contribution in [2.24, 2.45) is 0 Å². The summed E-state index contributed by atoms with van der Waals surface area (Å²) in [5.41, 5.74) is 0.337. The number of rotatable bonds is 2. The van der Waals surface area contributed by atoms with E-state index in [1.807, 2.05) is 25.7 Å². The van der Waals surface area contributed by atoms with Gasteiger partial charge in [-0.1, -0.05) is 5.92 Å². The maximum absolute atomic E-state index is 12.2. The van der Waals surface area contributed by atoms with Crippen molar-refractivity contribution >= 4 is 23.1 Å². The molecule has 0 aliphatic carbocycles. The summed E-state index contributed by atoms with van der Waals surface area (Å²) >= 11 is 0. The lowest BCUT2D eigenvalue weighted by atomic mass is 10.2. The smallest absolute Gasteiger partial charge is 0.410 e. The van der Waals surface area contributed by atoms with E-state index in [-0.39, 0.29) is 18.3 Å². The topological polar surface area (TPSA) is 96.4 Å². The summed E-state index contributed by atoms with van der Waals surface area (Å²) in [4.78, 5) is 39.5. The summed E-state index contributed by atoms with van der Waals surface area (Å²) < 4.78 is 6.98. The van der Waals surface area contributed by atoms with Crippen LogP contribution < -0.4 is 10.6 Å². The van der Waals surface area contributed by atoms with Crippen LogP contribution in [0.4, 0.5) is 10.6 Å². The van der Waals surface area contributed by atoms with Gasteiger partial charge in [-0.05, 0) is 27.7 Å². The highest BCUT2D eigenvalue weighted by atomic mass is 16.6. The quantitative estimate of drug-likeness (QED) is 0.796. The summed E-state index contributed by atoms with van der Waals surface area (Å²) in [5.74, 6) is 6.37. The Labute approximate surface area is 157 Å². The van der Waals surface area contributed by atoms with Crippen LogP contribution in [0.15, 0.2) is 11.1 Å². The van der Waals surface area contributed by atoms with E-state index < -0.39 is 5.60 Å². The number of hydrogen-bond acceptors (Lipinski definition) is 6. The van der Waals surface area contributed by atoms with Crippen LogP contribution in [0, 0.1) is 11.8 Å². The Balaban J connectivity index is 1.82. The molecule has 0 unspecified atom stereocenters. The molecule has 9 nitrogen and oxygen atoms in total. The number of aromatic amines is 1. The van der Waals surface area contributed by atoms with Crippen LogP contribution in [-0.2, 0) is 11.3 Å². The number of hydrogen-bond donors (Lipinski definition) is 1. The molecule has 0 aromatic carbocycles. The molecule has 1 aliphatic heterocycles. The molecule has 27 heavy (non-hydrogen) atoms. The van der Waals surface area contributed by atoms with Crippen molar-refractivity contribution in [2.45, 2.75) is 39.8 Å². The Morgan fingerprint density at radius 2 is 1.96 bits per heavy atom. The predicted octanol–water partition coefficient (Wildman–Crippen LogP) is 1.20. The minimum Gasteiger partial charge on any atom is -0.444 e. The number of amides is 1. The van der Waals surface area contributed by atoms with Gasteiger partial charge in [-0.3, -0.25) is 9.55 Å². The van der Waals surface area contributed by atoms with Crippen molar-refractivity contribution < 1.29 is 9.53 Å². The first-order chi connectivity index (χ1) is 12.8. The van der Waals surface area contributed by atoms with Crippen LogP contribution in [0.2, 0.25) is 0 Å². The van der Waals surface area contributed by atoms with Crippen LogP contribution >= 0.6 is 0 Å². The minimum atomic E-state index is -0.519. The highest BCUT2D eigenvalue weighted by Gasteiger charge is 2.27. The van der Waals surface area contributed by atoms with Crippen LogP contribution in [0.1, 0.15) is 27.7 Å². The second-order valence-electron chi connectivity index (χ2n) is 7.29. The van der Waals surface area contributed by atoms with Gasteiger partial charge >= 0.3 is 11.8 Å². The number of nitrogens with one attached hydrogen (secondary N) is 1. The van der Waals surface area contributed by atoms with Gasteiger partial charge in [0.05, 0.1) is 6.54 Å². The lowest BCUT2D eigenvalue weighted by Gasteiger charge is -2.36. The van der Waals surface area contributed by atoms with Gasteiger partial charge in [0.1, 0.15) is 17.4 Å². The normalized spacial score (nSPS) is 14.8. The third kappa shape index (κ3) is 4.05. The van der Waals surface area contributed by atoms with Gasteiger partial charge in [0.15, 0.2) is 11.5 Å². The first-order valence-electron chi connectivity index (χ1n) is 8.86. The van der Waals surface area contributed by atoms with Crippen molar-refractivity contribution in [3.05, 3.63) is 16.8 Å². The third-order valence-corrected chi connectivity index (χ3v) is 4.19. The maximum atomic E-state index is 12.2. The number of nitrogens with zero attached hydrogens (tertiary/aromatic N) is 5. The molecule has 1 fully saturated rings. The van der Waals surface area contributed by atoms with E-state index in [9.17, 15) is 9.59 Å². The zero-order chi connectivity index (χ0) is 19.6. The first-order valence-corrected chi connectivity index (χ1v) is 8.86. The zero-order valence-electron chi connectivity index (χ0n) is 16.1. The Kier molecular flexibility index (Phi) is 5.08. The van der Waals surface area contributed by atoms with Crippen molar-refractivity contribution in [1.82, 2.24) is 24.4 Å². The molecule has 9 heteroatoms. The highest BCUT2D eigenvalue weighted by Crippen LogP contribution is 2.22. The van der Waals surface area contributed by atoms with Gasteiger partial charge in [0, 0.05) is 26.2 Å². The molecule has 0 saturated carbocycles. The molecule has 0 bridgehead atoms. The van der Waals surface area contributed by atoms with Crippen molar-refractivity contribution in [3.8, 4) is 11.8 Å². The molecule has 0 atom stereocenters. The van der Waals surface area contributed by atoms with Crippen molar-refractivity contribution in [2.75, 3.05) is 31.1 Å². The van der Waals surface area contributed by atoms with E-state index in [0.717, 1.165) is 0 Å². The number of fused-ring (bicyclic) bond motifs is 1. The van der Waals surface area contributed by atoms with E-state index in [1.165, 1.54) is 6.33 Å². The van der Waals surface area contributed by atoms with Crippen LogP contribution in [0.5, 0.6) is 0 Å². The number of imidazole rings is 1. The highest BCUT2D eigenvalue weighted by molar-refractivity contribution is 5.84. The van der Waals surface area contributed by atoms with Gasteiger partial charge in [0.2, 0.25) is 0 Å². The summed E-state index contributed by atoms with van der Waals surface area (Å²) in [6.45, 7) is 9.76. The molecule has 1 saturated heterocycles. The van der Waals surface area contributed by atoms with E-state index >= 15 is 0 Å². The largest absolute Gasteiger partial charge is 0.444 e. The standard InChI is InChI=1S/C18H24N6O3/c1-5-6-7-24-13-14(21-16(24)25)19-12-20-15(13)22-8-10-23(11-9-22)17(26)27-18(2,3)4/h12H,7-11H2,1-4H3,(H,19,20,21,25). The summed E-state index contributed by atoms with van der Waals surface area (Å²) in [6.07, 6.45) is 1.12. The number of carbonyl (C=O) groups is 1. The molecular formula is C18H24N6O3. The Bertz CT molecular complexity index is 951. The molecule has 1 amide bonds. The summed E-state index contributed by atoms with van der Waals surface area (Å²) in [5, 5.41) is 0. The number of H-pyrrole nitrogens is 1. The number of piperazine rings is 1. The second-order valence-corrected chi connectivity index (χ2v) is 7.29. The van der Waals surface area contributed by atoms with Gasteiger partial charge < -0.3 is 14.5 Å². The third-order valence-electron chi connectivity index (χ3n) is 4.19. The van der Waals surface area contributed by atoms with E-state index in [4.69, 9.17) is 4.74 Å². The molecule has 2 aromatic heterocycles. The summed E-state index contributed by atoms with van der Waals surface area (Å²) in [6, 6.07) is 0. The van der Waals surface area contributed by atoms with E-state index in [1.54, 1.807) is 16.4 Å². The molecule has 0 radical (unpaired) electrons. The summed E-state index contributed by atoms with van der Waals surface area (Å²) in [7, 11) is 0. The minimum absolute atomic E-state index is 0.262. The molecule has 0 spiro atoms. The fraction of sp³-hybridized carbons (Fsp3) is 0.556. The molecule has 1 N–H and O–H groups in total. The van der Waals surface area contributed by atoms with E-state index in [0.29, 0.717) is 43.2 Å². The number of carbonyl (C=O) groups excluding carboxylic acids is 1. The maximum Gasteiger partial charge on any atom is 0.410 e. The van der Waals surface area contributed by atoms with Gasteiger partial charge in [-0.2, -0.15) is 0 Å². The molecule has 1 aliphatic rings. The van der Waals surface area contributed by atoms with Gasteiger partial charge in [-0.25, -0.2) is 19.6 Å². The first kappa shape index (κ1) is 18.8. The van der Waals surface area contributed by atoms with Gasteiger partial charge in [0.25, 0.3) is 0 Å². The Hall–Kier alpha value is -3.02. The number of ether oxygens (including phenoxy) is 1. The molecule has 3 heterocycles. The lowest BCUT2D eigenvalue weighted by molar-refractivity contribution is 0.0240. The van der Waals surface area contributed by atoms with Crippen LogP contribution in [-0.4, -0.2) is 62.3 Å². The molecular weight excluding hydrogens is 348 g/mol. The molecule has 3 rings (SSSR count). The van der Waals surface area contributed by atoms with Gasteiger partial charge in [-0.15, -0.1) is 5.92 Å². The average molecular weight is 372 g/mol. The number of anilines is 1. The van der Waals surface area contributed by atoms with Crippen molar-refractivity contribution in [3.63, 3.8) is 0 Å². The Morgan fingerprint density at radius 3 is 2.59 bits per heavy atom. The van der Waals surface area contributed by atoms with E-state index in [2.05, 4.69) is 26.8 Å². The fourth-order valence-corrected chi connectivity index (χ4v) is 2.95. The predicted molar refractivity (Wildman–Crippen MR) is 102 cm³/mol. The lowest BCUT2D eigenvalue weighted by Crippen LogP contribution is -2.50. The van der Waals surface area contributed by atoms with Crippen molar-refractivity contribution in [1.29, 1.82) is 0 Å². The van der Waals surface area contributed by atoms with Crippen LogP contribution in [0.25, 0.3) is 11.2 Å². The van der Waals surface area contributed by atoms with Crippen LogP contribution in [0.3, 0.4) is 0 Å². The zero-order valence-corrected chi connectivity index (χ0v) is 16.1. The SMILES string of the molecule is CC#CCn1c(=O)[nH]c2ncnc(N3CCN(C(=O)OC(C)(C)C)CC3)c21. The fourth-order valence-electron chi connectivity index (χ4n) is 2.95. The molecule has 144 valence electrons. The Morgan fingerprint density at radius 1 is 1.26 bits per heavy atom.